The van der Waals surface area contributed by atoms with Crippen LogP contribution in [0.5, 0.6) is 0 Å². The highest BCUT2D eigenvalue weighted by atomic mass is 35.5. The lowest BCUT2D eigenvalue weighted by atomic mass is 10.1. The first-order chi connectivity index (χ1) is 12.6. The quantitative estimate of drug-likeness (QED) is 0.602. The van der Waals surface area contributed by atoms with E-state index in [1.54, 1.807) is 6.07 Å². The Morgan fingerprint density at radius 2 is 1.62 bits per heavy atom. The Balaban J connectivity index is 1.63. The number of aromatic amines is 1. The topological polar surface area (TPSA) is 63.0 Å². The van der Waals surface area contributed by atoms with E-state index in [4.69, 9.17) is 11.6 Å². The molecule has 2 heterocycles. The molecule has 4 rings (SSSR count). The van der Waals surface area contributed by atoms with Gasteiger partial charge in [-0.1, -0.05) is 53.6 Å². The number of nitrogens with zero attached hydrogens (tertiary/aromatic N) is 3. The van der Waals surface area contributed by atoms with E-state index in [-0.39, 0.29) is 5.56 Å². The molecule has 5 nitrogen and oxygen atoms in total. The summed E-state index contributed by atoms with van der Waals surface area (Å²) in [6, 6.07) is 17.3. The number of aromatic nitrogens is 4. The Labute approximate surface area is 155 Å². The van der Waals surface area contributed by atoms with Gasteiger partial charge in [-0.15, -0.1) is 0 Å². The maximum absolute atomic E-state index is 12.4. The molecule has 0 radical (unpaired) electrons. The van der Waals surface area contributed by atoms with Gasteiger partial charge in [0.05, 0.1) is 5.69 Å². The number of aryl methyl sites for hydroxylation is 1. The molecule has 6 heteroatoms. The van der Waals surface area contributed by atoms with Gasteiger partial charge in [0, 0.05) is 23.9 Å². The Morgan fingerprint density at radius 3 is 2.35 bits per heavy atom. The largest absolute Gasteiger partial charge is 0.275 e. The zero-order valence-electron chi connectivity index (χ0n) is 14.2. The van der Waals surface area contributed by atoms with Crippen LogP contribution in [0.4, 0.5) is 0 Å². The van der Waals surface area contributed by atoms with Gasteiger partial charge >= 0.3 is 0 Å². The molecule has 4 aromatic rings. The molecule has 1 N–H and O–H groups in total. The molecule has 0 fully saturated rings. The summed E-state index contributed by atoms with van der Waals surface area (Å²) in [6.45, 7) is 2.05. The lowest BCUT2D eigenvalue weighted by molar-refractivity contribution is 0.852. The molecule has 0 atom stereocenters. The Bertz CT molecular complexity index is 1110. The minimum Gasteiger partial charge on any atom is -0.275 e. The van der Waals surface area contributed by atoms with Crippen LogP contribution >= 0.6 is 11.6 Å². The molecule has 0 bridgehead atoms. The number of H-pyrrole nitrogens is 1. The average molecular weight is 365 g/mol. The third-order valence-corrected chi connectivity index (χ3v) is 4.47. The molecule has 0 aliphatic carbocycles. The second kappa shape index (κ2) is 6.77. The van der Waals surface area contributed by atoms with Gasteiger partial charge in [0.25, 0.3) is 11.3 Å². The summed E-state index contributed by atoms with van der Waals surface area (Å²) in [7, 11) is 0. The van der Waals surface area contributed by atoms with Gasteiger partial charge in [-0.05, 0) is 30.2 Å². The van der Waals surface area contributed by atoms with Crippen molar-refractivity contribution in [3.63, 3.8) is 0 Å². The van der Waals surface area contributed by atoms with E-state index < -0.39 is 0 Å². The van der Waals surface area contributed by atoms with Gasteiger partial charge in [0.15, 0.2) is 0 Å². The van der Waals surface area contributed by atoms with Crippen molar-refractivity contribution in [1.29, 1.82) is 0 Å². The highest BCUT2D eigenvalue weighted by Crippen LogP contribution is 2.13. The molecule has 0 saturated heterocycles. The van der Waals surface area contributed by atoms with E-state index in [0.717, 1.165) is 11.1 Å². The first-order valence-electron chi connectivity index (χ1n) is 8.34. The van der Waals surface area contributed by atoms with Crippen molar-refractivity contribution in [3.05, 3.63) is 98.2 Å². The van der Waals surface area contributed by atoms with Gasteiger partial charge in [-0.3, -0.25) is 9.89 Å². The number of hydrogen-bond donors (Lipinski definition) is 1. The highest BCUT2D eigenvalue weighted by Gasteiger charge is 2.09. The maximum atomic E-state index is 12.4. The van der Waals surface area contributed by atoms with Crippen LogP contribution in [-0.4, -0.2) is 19.6 Å². The minimum atomic E-state index is -0.160. The summed E-state index contributed by atoms with van der Waals surface area (Å²) >= 11 is 5.91. The molecule has 26 heavy (non-hydrogen) atoms. The summed E-state index contributed by atoms with van der Waals surface area (Å²) in [4.78, 5) is 21.4. The third kappa shape index (κ3) is 3.53. The summed E-state index contributed by atoms with van der Waals surface area (Å²) < 4.78 is 1.38. The fourth-order valence-corrected chi connectivity index (χ4v) is 2.98. The highest BCUT2D eigenvalue weighted by molar-refractivity contribution is 6.30. The average Bonchev–Trinajstić information content (AvgIpc) is 3.02. The zero-order chi connectivity index (χ0) is 18.1. The number of fused-ring (bicyclic) bond motifs is 1. The lowest BCUT2D eigenvalue weighted by Crippen LogP contribution is -2.16. The number of hydrogen-bond acceptors (Lipinski definition) is 3. The van der Waals surface area contributed by atoms with Crippen molar-refractivity contribution in [2.24, 2.45) is 0 Å². The maximum Gasteiger partial charge on any atom is 0.274 e. The van der Waals surface area contributed by atoms with E-state index in [2.05, 4.69) is 39.3 Å². The Morgan fingerprint density at radius 1 is 0.962 bits per heavy atom. The monoisotopic (exact) mass is 364 g/mol. The Hall–Kier alpha value is -2.92. The van der Waals surface area contributed by atoms with Crippen molar-refractivity contribution in [2.45, 2.75) is 19.8 Å². The molecule has 2 aromatic carbocycles. The van der Waals surface area contributed by atoms with Crippen molar-refractivity contribution < 1.29 is 0 Å². The normalized spacial score (nSPS) is 11.2. The first-order valence-corrected chi connectivity index (χ1v) is 8.72. The molecule has 0 amide bonds. The fraction of sp³-hybridized carbons (Fsp3) is 0.150. The van der Waals surface area contributed by atoms with Crippen molar-refractivity contribution >= 4 is 17.4 Å². The molecule has 2 aromatic heterocycles. The van der Waals surface area contributed by atoms with Gasteiger partial charge in [0.2, 0.25) is 0 Å². The molecule has 0 unspecified atom stereocenters. The smallest absolute Gasteiger partial charge is 0.274 e. The van der Waals surface area contributed by atoms with Crippen LogP contribution in [0.2, 0.25) is 5.02 Å². The Kier molecular flexibility index (Phi) is 4.31. The summed E-state index contributed by atoms with van der Waals surface area (Å²) in [5.41, 5.74) is 3.93. The summed E-state index contributed by atoms with van der Waals surface area (Å²) in [6.07, 6.45) is 1.18. The molecule has 0 aliphatic heterocycles. The van der Waals surface area contributed by atoms with E-state index in [1.807, 2.05) is 31.2 Å². The SMILES string of the molecule is Cc1ccc(Cc2cc(=O)n3[nH]c(Cc4ccc(Cl)cc4)nc3n2)cc1. The summed E-state index contributed by atoms with van der Waals surface area (Å²) in [5, 5.41) is 3.71. The zero-order valence-corrected chi connectivity index (χ0v) is 15.0. The molecule has 0 saturated carbocycles. The van der Waals surface area contributed by atoms with Gasteiger partial charge in [-0.2, -0.15) is 9.50 Å². The van der Waals surface area contributed by atoms with Crippen molar-refractivity contribution in [2.75, 3.05) is 0 Å². The van der Waals surface area contributed by atoms with Crippen molar-refractivity contribution in [1.82, 2.24) is 19.6 Å². The number of rotatable bonds is 4. The molecule has 0 spiro atoms. The second-order valence-electron chi connectivity index (χ2n) is 6.36. The predicted octanol–water partition coefficient (Wildman–Crippen LogP) is 3.56. The first kappa shape index (κ1) is 16.5. The van der Waals surface area contributed by atoms with Gasteiger partial charge < -0.3 is 0 Å². The lowest BCUT2D eigenvalue weighted by Gasteiger charge is -2.01. The van der Waals surface area contributed by atoms with E-state index in [9.17, 15) is 4.79 Å². The van der Waals surface area contributed by atoms with Crippen LogP contribution in [0.25, 0.3) is 5.78 Å². The predicted molar refractivity (Wildman–Crippen MR) is 102 cm³/mol. The number of halogens is 1. The number of nitrogens with one attached hydrogen (secondary N) is 1. The van der Waals surface area contributed by atoms with E-state index in [1.165, 1.54) is 10.1 Å². The van der Waals surface area contributed by atoms with Crippen LogP contribution in [0.3, 0.4) is 0 Å². The van der Waals surface area contributed by atoms with Crippen LogP contribution in [0.15, 0.2) is 59.4 Å². The van der Waals surface area contributed by atoms with E-state index >= 15 is 0 Å². The molecule has 0 aliphatic rings. The second-order valence-corrected chi connectivity index (χ2v) is 6.79. The summed E-state index contributed by atoms with van der Waals surface area (Å²) in [5.74, 6) is 1.08. The standard InChI is InChI=1S/C20H17ClN4O/c1-13-2-4-14(5-3-13)10-17-12-19(26)25-20(22-17)23-18(24-25)11-15-6-8-16(21)9-7-15/h2-9,12H,10-11H2,1H3,(H,22,23,24). The molecular formula is C20H17ClN4O. The minimum absolute atomic E-state index is 0.160. The molecule has 130 valence electrons. The third-order valence-electron chi connectivity index (χ3n) is 4.22. The van der Waals surface area contributed by atoms with Crippen LogP contribution < -0.4 is 5.56 Å². The van der Waals surface area contributed by atoms with Crippen molar-refractivity contribution in [3.8, 4) is 0 Å². The fourth-order valence-electron chi connectivity index (χ4n) is 2.85. The van der Waals surface area contributed by atoms with Crippen LogP contribution in [-0.2, 0) is 12.8 Å². The molecular weight excluding hydrogens is 348 g/mol. The van der Waals surface area contributed by atoms with E-state index in [0.29, 0.717) is 35.2 Å². The van der Waals surface area contributed by atoms with Gasteiger partial charge in [0.1, 0.15) is 5.82 Å². The van der Waals surface area contributed by atoms with Crippen LogP contribution in [0, 0.1) is 6.92 Å². The van der Waals surface area contributed by atoms with Crippen LogP contribution in [0.1, 0.15) is 28.2 Å². The number of benzene rings is 2. The van der Waals surface area contributed by atoms with Gasteiger partial charge in [-0.25, -0.2) is 4.98 Å².